The highest BCUT2D eigenvalue weighted by atomic mass is 16.4. The average Bonchev–Trinajstić information content (AvgIpc) is 2.92. The van der Waals surface area contributed by atoms with Gasteiger partial charge >= 0.3 is 5.97 Å². The van der Waals surface area contributed by atoms with E-state index in [4.69, 9.17) is 5.26 Å². The average molecular weight is 304 g/mol. The molecule has 0 spiro atoms. The molecule has 0 bridgehead atoms. The van der Waals surface area contributed by atoms with Crippen molar-refractivity contribution < 1.29 is 9.90 Å². The minimum absolute atomic E-state index is 0.410. The van der Waals surface area contributed by atoms with Gasteiger partial charge < -0.3 is 5.11 Å². The molecule has 3 aliphatic rings. The molecule has 3 rings (SSSR count). The Morgan fingerprint density at radius 3 is 2.50 bits per heavy atom. The van der Waals surface area contributed by atoms with Gasteiger partial charge in [0.05, 0.1) is 6.07 Å². The highest BCUT2D eigenvalue weighted by Crippen LogP contribution is 2.44. The number of aliphatic carboxylic acids is 1. The summed E-state index contributed by atoms with van der Waals surface area (Å²) in [6, 6.07) is 3.38. The maximum absolute atomic E-state index is 11.2. The van der Waals surface area contributed by atoms with Crippen molar-refractivity contribution in [3.63, 3.8) is 0 Å². The summed E-state index contributed by atoms with van der Waals surface area (Å²) in [6.07, 6.45) is 12.4. The summed E-state index contributed by atoms with van der Waals surface area (Å²) < 4.78 is 0. The summed E-state index contributed by atoms with van der Waals surface area (Å²) >= 11 is 0. The Labute approximate surface area is 133 Å². The number of rotatable bonds is 4. The Hall–Kier alpha value is -1.08. The summed E-state index contributed by atoms with van der Waals surface area (Å²) in [7, 11) is 0. The molecule has 122 valence electrons. The molecule has 4 nitrogen and oxygen atoms in total. The predicted molar refractivity (Wildman–Crippen MR) is 84.2 cm³/mol. The zero-order valence-electron chi connectivity index (χ0n) is 13.4. The third kappa shape index (κ3) is 3.15. The van der Waals surface area contributed by atoms with Crippen LogP contribution < -0.4 is 0 Å². The molecule has 3 unspecified atom stereocenters. The van der Waals surface area contributed by atoms with Gasteiger partial charge in [-0.1, -0.05) is 32.1 Å². The second-order valence-corrected chi connectivity index (χ2v) is 7.52. The van der Waals surface area contributed by atoms with Crippen LogP contribution in [0.25, 0.3) is 0 Å². The zero-order valence-corrected chi connectivity index (χ0v) is 13.4. The van der Waals surface area contributed by atoms with Gasteiger partial charge in [0.2, 0.25) is 0 Å². The van der Waals surface area contributed by atoms with Crippen LogP contribution in [-0.4, -0.2) is 34.6 Å². The Morgan fingerprint density at radius 1 is 1.14 bits per heavy atom. The standard InChI is InChI=1S/C18H28N2O2/c19-11-13(18(21)22)10-14-12-20(15-6-2-1-3-7-15)17-9-5-4-8-16(14)17/h13-17H,1-10,12H2,(H,21,22)/t13?,14?,16?,17-/m1/s1. The topological polar surface area (TPSA) is 64.3 Å². The van der Waals surface area contributed by atoms with Crippen LogP contribution in [0, 0.1) is 29.1 Å². The molecule has 0 aromatic carbocycles. The van der Waals surface area contributed by atoms with Gasteiger partial charge in [0.1, 0.15) is 5.92 Å². The summed E-state index contributed by atoms with van der Waals surface area (Å²) in [5.41, 5.74) is 0. The minimum atomic E-state index is -0.939. The zero-order chi connectivity index (χ0) is 15.5. The maximum atomic E-state index is 11.2. The second kappa shape index (κ2) is 7.00. The number of carbonyl (C=O) groups is 1. The number of hydrogen-bond acceptors (Lipinski definition) is 3. The number of likely N-dealkylation sites (tertiary alicyclic amines) is 1. The highest BCUT2D eigenvalue weighted by molar-refractivity contribution is 5.72. The van der Waals surface area contributed by atoms with Crippen molar-refractivity contribution in [2.75, 3.05) is 6.54 Å². The van der Waals surface area contributed by atoms with E-state index in [1.54, 1.807) is 0 Å². The van der Waals surface area contributed by atoms with E-state index in [9.17, 15) is 9.90 Å². The lowest BCUT2D eigenvalue weighted by Gasteiger charge is -2.38. The maximum Gasteiger partial charge on any atom is 0.320 e. The fourth-order valence-electron chi connectivity index (χ4n) is 5.24. The molecule has 0 aromatic rings. The predicted octanol–water partition coefficient (Wildman–Crippen LogP) is 3.42. The van der Waals surface area contributed by atoms with Gasteiger partial charge in [0.15, 0.2) is 0 Å². The van der Waals surface area contributed by atoms with E-state index in [1.165, 1.54) is 57.8 Å². The molecular weight excluding hydrogens is 276 g/mol. The van der Waals surface area contributed by atoms with Crippen LogP contribution in [0.4, 0.5) is 0 Å². The first-order valence-corrected chi connectivity index (χ1v) is 9.09. The summed E-state index contributed by atoms with van der Waals surface area (Å²) in [5.74, 6) is -0.719. The second-order valence-electron chi connectivity index (χ2n) is 7.52. The van der Waals surface area contributed by atoms with Crippen LogP contribution in [0.1, 0.15) is 64.2 Å². The Morgan fingerprint density at radius 2 is 1.82 bits per heavy atom. The van der Waals surface area contributed by atoms with Crippen LogP contribution in [0.15, 0.2) is 0 Å². The molecule has 0 radical (unpaired) electrons. The fourth-order valence-corrected chi connectivity index (χ4v) is 5.24. The molecule has 4 heteroatoms. The van der Waals surface area contributed by atoms with Crippen molar-refractivity contribution in [1.82, 2.24) is 4.90 Å². The first kappa shape index (κ1) is 15.8. The first-order chi connectivity index (χ1) is 10.7. The lowest BCUT2D eigenvalue weighted by atomic mass is 9.76. The fraction of sp³-hybridized carbons (Fsp3) is 0.889. The summed E-state index contributed by atoms with van der Waals surface area (Å²) in [5, 5.41) is 18.3. The molecule has 3 fully saturated rings. The molecular formula is C18H28N2O2. The van der Waals surface area contributed by atoms with Gasteiger partial charge in [0, 0.05) is 18.6 Å². The molecule has 0 amide bonds. The van der Waals surface area contributed by atoms with E-state index in [2.05, 4.69) is 4.90 Å². The number of hydrogen-bond donors (Lipinski definition) is 1. The molecule has 0 aromatic heterocycles. The van der Waals surface area contributed by atoms with Crippen LogP contribution in [0.5, 0.6) is 0 Å². The van der Waals surface area contributed by atoms with E-state index < -0.39 is 11.9 Å². The molecule has 1 saturated heterocycles. The third-order valence-corrected chi connectivity index (χ3v) is 6.29. The Kier molecular flexibility index (Phi) is 5.03. The van der Waals surface area contributed by atoms with Crippen molar-refractivity contribution >= 4 is 5.97 Å². The van der Waals surface area contributed by atoms with Crippen molar-refractivity contribution in [2.45, 2.75) is 76.3 Å². The van der Waals surface area contributed by atoms with Gasteiger partial charge in [-0.05, 0) is 43.9 Å². The molecule has 1 aliphatic heterocycles. The van der Waals surface area contributed by atoms with Gasteiger partial charge in [-0.3, -0.25) is 9.69 Å². The number of nitriles is 1. The van der Waals surface area contributed by atoms with Crippen LogP contribution in [0.3, 0.4) is 0 Å². The molecule has 2 saturated carbocycles. The van der Waals surface area contributed by atoms with Gasteiger partial charge in [-0.25, -0.2) is 0 Å². The van der Waals surface area contributed by atoms with Crippen LogP contribution in [-0.2, 0) is 4.79 Å². The molecule has 1 heterocycles. The number of nitrogens with zero attached hydrogens (tertiary/aromatic N) is 2. The normalized spacial score (nSPS) is 34.8. The van der Waals surface area contributed by atoms with E-state index in [0.717, 1.165) is 12.6 Å². The van der Waals surface area contributed by atoms with Gasteiger partial charge in [0.25, 0.3) is 0 Å². The van der Waals surface area contributed by atoms with E-state index in [-0.39, 0.29) is 0 Å². The largest absolute Gasteiger partial charge is 0.480 e. The van der Waals surface area contributed by atoms with Crippen LogP contribution >= 0.6 is 0 Å². The lowest BCUT2D eigenvalue weighted by molar-refractivity contribution is -0.140. The quantitative estimate of drug-likeness (QED) is 0.864. The molecule has 4 atom stereocenters. The van der Waals surface area contributed by atoms with E-state index in [0.29, 0.717) is 24.3 Å². The van der Waals surface area contributed by atoms with E-state index in [1.807, 2.05) is 6.07 Å². The molecule has 2 aliphatic carbocycles. The van der Waals surface area contributed by atoms with Crippen molar-refractivity contribution in [3.05, 3.63) is 0 Å². The van der Waals surface area contributed by atoms with Crippen molar-refractivity contribution in [3.8, 4) is 6.07 Å². The number of fused-ring (bicyclic) bond motifs is 1. The SMILES string of the molecule is N#CC(CC1CN(C2CCCCC2)[C@@H]2CCCCC12)C(=O)O. The Balaban J connectivity index is 1.71. The first-order valence-electron chi connectivity index (χ1n) is 9.09. The number of carboxylic acid groups (broad SMARTS) is 1. The van der Waals surface area contributed by atoms with Gasteiger partial charge in [-0.2, -0.15) is 5.26 Å². The van der Waals surface area contributed by atoms with Crippen molar-refractivity contribution in [1.29, 1.82) is 5.26 Å². The number of carboxylic acids is 1. The minimum Gasteiger partial charge on any atom is -0.480 e. The van der Waals surface area contributed by atoms with Crippen LogP contribution in [0.2, 0.25) is 0 Å². The third-order valence-electron chi connectivity index (χ3n) is 6.29. The molecule has 22 heavy (non-hydrogen) atoms. The summed E-state index contributed by atoms with van der Waals surface area (Å²) in [6.45, 7) is 1.03. The smallest absolute Gasteiger partial charge is 0.320 e. The van der Waals surface area contributed by atoms with E-state index >= 15 is 0 Å². The monoisotopic (exact) mass is 304 g/mol. The highest BCUT2D eigenvalue weighted by Gasteiger charge is 2.46. The molecule has 1 N–H and O–H groups in total. The lowest BCUT2D eigenvalue weighted by Crippen LogP contribution is -2.42. The Bertz CT molecular complexity index is 439. The summed E-state index contributed by atoms with van der Waals surface area (Å²) in [4.78, 5) is 14.0. The van der Waals surface area contributed by atoms with Crippen molar-refractivity contribution in [2.24, 2.45) is 17.8 Å². The van der Waals surface area contributed by atoms with Gasteiger partial charge in [-0.15, -0.1) is 0 Å².